The molecule has 0 aromatic heterocycles. The minimum Gasteiger partial charge on any atom is -0.278 e. The van der Waals surface area contributed by atoms with Gasteiger partial charge in [0.05, 0.1) is 11.3 Å². The van der Waals surface area contributed by atoms with Crippen molar-refractivity contribution in [3.05, 3.63) is 48.0 Å². The maximum Gasteiger partial charge on any atom is 0.265 e. The zero-order valence-electron chi connectivity index (χ0n) is 10.2. The van der Waals surface area contributed by atoms with Crippen LogP contribution in [0.25, 0.3) is 0 Å². The van der Waals surface area contributed by atoms with Gasteiger partial charge in [-0.25, -0.2) is 0 Å². The molecule has 2 fully saturated rings. The van der Waals surface area contributed by atoms with Crippen LogP contribution in [0.15, 0.2) is 42.5 Å². The molecule has 4 rings (SSSR count). The number of hydrogen-bond donors (Lipinski definition) is 1. The highest BCUT2D eigenvalue weighted by Gasteiger charge is 2.70. The van der Waals surface area contributed by atoms with Crippen LogP contribution in [-0.2, 0) is 15.0 Å². The Kier molecular flexibility index (Phi) is 1.92. The maximum absolute atomic E-state index is 12.5. The van der Waals surface area contributed by atoms with Crippen molar-refractivity contribution in [2.75, 3.05) is 0 Å². The number of carbonyl (C=O) groups is 2. The lowest BCUT2D eigenvalue weighted by atomic mass is 9.65. The van der Waals surface area contributed by atoms with Gasteiger partial charge in [0.25, 0.3) is 11.8 Å². The molecule has 2 bridgehead atoms. The van der Waals surface area contributed by atoms with Gasteiger partial charge >= 0.3 is 0 Å². The number of rotatable bonds is 1. The van der Waals surface area contributed by atoms with Gasteiger partial charge in [0.1, 0.15) is 0 Å². The van der Waals surface area contributed by atoms with Gasteiger partial charge < -0.3 is 0 Å². The van der Waals surface area contributed by atoms with Crippen LogP contribution in [0.1, 0.15) is 12.0 Å². The minimum absolute atomic E-state index is 0.0125. The van der Waals surface area contributed by atoms with E-state index in [9.17, 15) is 14.8 Å². The van der Waals surface area contributed by atoms with E-state index < -0.39 is 23.1 Å². The van der Waals surface area contributed by atoms with Gasteiger partial charge in [-0.2, -0.15) is 5.06 Å². The second-order valence-corrected chi connectivity index (χ2v) is 5.56. The molecule has 2 amide bonds. The SMILES string of the molecule is O=C1C2C3C=CC(C3)C2(c2ccccc2)C(=O)N1O. The van der Waals surface area contributed by atoms with Crippen molar-refractivity contribution >= 4 is 11.8 Å². The highest BCUT2D eigenvalue weighted by Crippen LogP contribution is 2.61. The number of carbonyl (C=O) groups excluding carboxylic acids is 2. The van der Waals surface area contributed by atoms with Crippen LogP contribution in [-0.4, -0.2) is 22.1 Å². The third kappa shape index (κ3) is 1.05. The summed E-state index contributed by atoms with van der Waals surface area (Å²) in [5, 5.41) is 10.1. The second-order valence-electron chi connectivity index (χ2n) is 5.56. The van der Waals surface area contributed by atoms with E-state index in [1.807, 2.05) is 42.5 Å². The first-order valence-electron chi connectivity index (χ1n) is 6.48. The predicted octanol–water partition coefficient (Wildman–Crippen LogP) is 1.50. The lowest BCUT2D eigenvalue weighted by Crippen LogP contribution is -2.43. The summed E-state index contributed by atoms with van der Waals surface area (Å²) >= 11 is 0. The number of amides is 2. The summed E-state index contributed by atoms with van der Waals surface area (Å²) in [5.41, 5.74) is -0.0428. The van der Waals surface area contributed by atoms with E-state index in [0.717, 1.165) is 12.0 Å². The Morgan fingerprint density at radius 1 is 1.16 bits per heavy atom. The summed E-state index contributed by atoms with van der Waals surface area (Å²) in [6.07, 6.45) is 4.87. The first kappa shape index (κ1) is 10.9. The summed E-state index contributed by atoms with van der Waals surface area (Å²) in [4.78, 5) is 24.7. The molecule has 3 aliphatic rings. The smallest absolute Gasteiger partial charge is 0.265 e. The Hall–Kier alpha value is -1.94. The highest BCUT2D eigenvalue weighted by molar-refractivity contribution is 6.10. The van der Waals surface area contributed by atoms with Crippen LogP contribution >= 0.6 is 0 Å². The van der Waals surface area contributed by atoms with Crippen molar-refractivity contribution in [1.29, 1.82) is 0 Å². The van der Waals surface area contributed by atoms with E-state index in [2.05, 4.69) is 0 Å². The van der Waals surface area contributed by atoms with Crippen LogP contribution in [0.5, 0.6) is 0 Å². The fourth-order valence-electron chi connectivity index (χ4n) is 4.19. The van der Waals surface area contributed by atoms with E-state index in [0.29, 0.717) is 5.06 Å². The number of nitrogens with zero attached hydrogens (tertiary/aromatic N) is 1. The minimum atomic E-state index is -0.882. The summed E-state index contributed by atoms with van der Waals surface area (Å²) in [6.45, 7) is 0. The van der Waals surface area contributed by atoms with Crippen molar-refractivity contribution in [1.82, 2.24) is 5.06 Å². The molecule has 0 spiro atoms. The Labute approximate surface area is 110 Å². The Balaban J connectivity index is 1.99. The first-order valence-corrected chi connectivity index (χ1v) is 6.48. The van der Waals surface area contributed by atoms with Crippen molar-refractivity contribution < 1.29 is 14.8 Å². The molecule has 1 N–H and O–H groups in total. The Bertz CT molecular complexity index is 609. The topological polar surface area (TPSA) is 57.6 Å². The summed E-state index contributed by atoms with van der Waals surface area (Å²) in [6, 6.07) is 9.39. The Morgan fingerprint density at radius 2 is 1.89 bits per heavy atom. The number of hydrogen-bond acceptors (Lipinski definition) is 3. The number of hydroxylamine groups is 2. The van der Waals surface area contributed by atoms with Gasteiger partial charge in [-0.3, -0.25) is 14.8 Å². The van der Waals surface area contributed by atoms with Gasteiger partial charge in [0, 0.05) is 0 Å². The van der Waals surface area contributed by atoms with Gasteiger partial charge in [-0.15, -0.1) is 0 Å². The molecular weight excluding hydrogens is 242 g/mol. The Morgan fingerprint density at radius 3 is 2.63 bits per heavy atom. The summed E-state index contributed by atoms with van der Waals surface area (Å²) in [5.74, 6) is -1.28. The molecule has 1 saturated heterocycles. The van der Waals surface area contributed by atoms with Gasteiger partial charge in [0.2, 0.25) is 0 Å². The van der Waals surface area contributed by atoms with E-state index >= 15 is 0 Å². The fourth-order valence-corrected chi connectivity index (χ4v) is 4.19. The van der Waals surface area contributed by atoms with Crippen molar-refractivity contribution in [2.24, 2.45) is 17.8 Å². The molecule has 0 radical (unpaired) electrons. The predicted molar refractivity (Wildman–Crippen MR) is 66.0 cm³/mol. The molecule has 1 aromatic carbocycles. The maximum atomic E-state index is 12.5. The number of imide groups is 1. The lowest BCUT2D eigenvalue weighted by Gasteiger charge is -2.33. The zero-order valence-corrected chi connectivity index (χ0v) is 10.2. The molecule has 1 aromatic rings. The van der Waals surface area contributed by atoms with Gasteiger partial charge in [-0.05, 0) is 23.8 Å². The number of allylic oxidation sites excluding steroid dienone is 2. The average Bonchev–Trinajstić information content (AvgIpc) is 3.09. The van der Waals surface area contributed by atoms with E-state index in [-0.39, 0.29) is 11.8 Å². The largest absolute Gasteiger partial charge is 0.278 e. The van der Waals surface area contributed by atoms with Crippen LogP contribution < -0.4 is 0 Å². The number of fused-ring (bicyclic) bond motifs is 5. The molecule has 4 atom stereocenters. The fraction of sp³-hybridized carbons (Fsp3) is 0.333. The van der Waals surface area contributed by atoms with E-state index in [4.69, 9.17) is 0 Å². The molecule has 2 aliphatic carbocycles. The molecule has 1 aliphatic heterocycles. The van der Waals surface area contributed by atoms with Crippen molar-refractivity contribution in [3.8, 4) is 0 Å². The van der Waals surface area contributed by atoms with Crippen LogP contribution in [0.2, 0.25) is 0 Å². The van der Waals surface area contributed by atoms with E-state index in [1.165, 1.54) is 0 Å². The lowest BCUT2D eigenvalue weighted by molar-refractivity contribution is -0.174. The molecule has 1 heterocycles. The first-order chi connectivity index (χ1) is 9.17. The quantitative estimate of drug-likeness (QED) is 0.470. The third-order valence-electron chi connectivity index (χ3n) is 4.89. The number of benzene rings is 1. The summed E-state index contributed by atoms with van der Waals surface area (Å²) < 4.78 is 0. The second kappa shape index (κ2) is 3.33. The summed E-state index contributed by atoms with van der Waals surface area (Å²) in [7, 11) is 0. The molecule has 4 unspecified atom stereocenters. The van der Waals surface area contributed by atoms with Crippen molar-refractivity contribution in [3.63, 3.8) is 0 Å². The van der Waals surface area contributed by atoms with Crippen LogP contribution in [0.3, 0.4) is 0 Å². The van der Waals surface area contributed by atoms with Gasteiger partial charge in [0.15, 0.2) is 0 Å². The van der Waals surface area contributed by atoms with E-state index in [1.54, 1.807) is 0 Å². The third-order valence-corrected chi connectivity index (χ3v) is 4.89. The molecule has 1 saturated carbocycles. The molecular formula is C15H13NO3. The molecule has 4 heteroatoms. The monoisotopic (exact) mass is 255 g/mol. The normalized spacial score (nSPS) is 39.2. The highest BCUT2D eigenvalue weighted by atomic mass is 16.5. The van der Waals surface area contributed by atoms with Crippen molar-refractivity contribution in [2.45, 2.75) is 11.8 Å². The van der Waals surface area contributed by atoms with Gasteiger partial charge in [-0.1, -0.05) is 42.5 Å². The molecule has 19 heavy (non-hydrogen) atoms. The standard InChI is InChI=1S/C15H13NO3/c17-13-12-9-6-7-11(8-9)15(12,14(18)16(13)19)10-4-2-1-3-5-10/h1-7,9,11-12,19H,8H2. The molecule has 4 nitrogen and oxygen atoms in total. The van der Waals surface area contributed by atoms with Crippen LogP contribution in [0.4, 0.5) is 0 Å². The molecule has 96 valence electrons. The van der Waals surface area contributed by atoms with Crippen LogP contribution in [0, 0.1) is 17.8 Å². The average molecular weight is 255 g/mol. The zero-order chi connectivity index (χ0) is 13.2.